The second-order valence-corrected chi connectivity index (χ2v) is 5.74. The summed E-state index contributed by atoms with van der Waals surface area (Å²) in [5.41, 5.74) is 5.72. The molecule has 0 bridgehead atoms. The molecule has 2 amide bonds. The van der Waals surface area contributed by atoms with Gasteiger partial charge in [-0.15, -0.1) is 0 Å². The van der Waals surface area contributed by atoms with Gasteiger partial charge in [-0.25, -0.2) is 0 Å². The van der Waals surface area contributed by atoms with Crippen LogP contribution in [0.25, 0.3) is 0 Å². The first-order chi connectivity index (χ1) is 8.99. The minimum absolute atomic E-state index is 0.165. The Morgan fingerprint density at radius 2 is 2.21 bits per heavy atom. The number of hydrogen-bond acceptors (Lipinski definition) is 3. The number of primary amides is 1. The van der Waals surface area contributed by atoms with E-state index in [4.69, 9.17) is 22.1 Å². The number of carbonyl (C=O) groups is 2. The van der Waals surface area contributed by atoms with Crippen molar-refractivity contribution in [2.45, 2.75) is 6.10 Å². The third-order valence-electron chi connectivity index (χ3n) is 2.83. The first kappa shape index (κ1) is 14.5. The Kier molecular flexibility index (Phi) is 4.64. The van der Waals surface area contributed by atoms with Gasteiger partial charge >= 0.3 is 0 Å². The molecule has 102 valence electrons. The number of nitrogens with zero attached hydrogens (tertiary/aromatic N) is 1. The molecule has 0 radical (unpaired) electrons. The second-order valence-electron chi connectivity index (χ2n) is 4.14. The minimum atomic E-state index is -0.741. The van der Waals surface area contributed by atoms with Gasteiger partial charge in [-0.3, -0.25) is 9.59 Å². The lowest BCUT2D eigenvalue weighted by molar-refractivity contribution is -0.133. The van der Waals surface area contributed by atoms with Crippen LogP contribution in [0.5, 0.6) is 0 Å². The topological polar surface area (TPSA) is 72.6 Å². The molecule has 2 N–H and O–H groups in total. The van der Waals surface area contributed by atoms with Crippen molar-refractivity contribution in [2.24, 2.45) is 5.73 Å². The molecule has 1 aromatic rings. The monoisotopic (exact) mass is 394 g/mol. The van der Waals surface area contributed by atoms with E-state index in [2.05, 4.69) is 22.6 Å². The van der Waals surface area contributed by atoms with Crippen molar-refractivity contribution in [3.05, 3.63) is 32.4 Å². The summed E-state index contributed by atoms with van der Waals surface area (Å²) in [6.45, 7) is 0.915. The van der Waals surface area contributed by atoms with Crippen LogP contribution in [0.3, 0.4) is 0 Å². The van der Waals surface area contributed by atoms with Gasteiger partial charge in [-0.1, -0.05) is 11.6 Å². The summed E-state index contributed by atoms with van der Waals surface area (Å²) in [4.78, 5) is 25.1. The molecule has 1 aliphatic heterocycles. The van der Waals surface area contributed by atoms with Crippen LogP contribution in [0.2, 0.25) is 5.02 Å². The highest BCUT2D eigenvalue weighted by molar-refractivity contribution is 14.1. The molecule has 0 saturated carbocycles. The quantitative estimate of drug-likeness (QED) is 0.768. The molecule has 7 heteroatoms. The number of benzene rings is 1. The van der Waals surface area contributed by atoms with Crippen LogP contribution in [-0.4, -0.2) is 42.5 Å². The van der Waals surface area contributed by atoms with E-state index in [1.807, 2.05) is 0 Å². The van der Waals surface area contributed by atoms with Crippen molar-refractivity contribution in [2.75, 3.05) is 19.7 Å². The van der Waals surface area contributed by atoms with E-state index >= 15 is 0 Å². The zero-order valence-electron chi connectivity index (χ0n) is 9.94. The summed E-state index contributed by atoms with van der Waals surface area (Å²) in [6.07, 6.45) is -0.741. The van der Waals surface area contributed by atoms with Gasteiger partial charge in [-0.2, -0.15) is 0 Å². The molecule has 0 aliphatic carbocycles. The molecule has 1 aromatic carbocycles. The standard InChI is InChI=1S/C12H12ClIN2O3/c13-7-1-2-9(14)8(5-7)12(18)16-3-4-19-10(6-16)11(15)17/h1-2,5,10H,3-4,6H2,(H2,15,17). The van der Waals surface area contributed by atoms with Crippen LogP contribution >= 0.6 is 34.2 Å². The molecule has 2 rings (SSSR count). The van der Waals surface area contributed by atoms with Crippen molar-refractivity contribution < 1.29 is 14.3 Å². The minimum Gasteiger partial charge on any atom is -0.367 e. The average molecular weight is 395 g/mol. The van der Waals surface area contributed by atoms with Gasteiger partial charge in [0.1, 0.15) is 0 Å². The Balaban J connectivity index is 2.19. The Morgan fingerprint density at radius 1 is 1.47 bits per heavy atom. The van der Waals surface area contributed by atoms with Gasteiger partial charge < -0.3 is 15.4 Å². The maximum Gasteiger partial charge on any atom is 0.255 e. The number of morpholine rings is 1. The number of rotatable bonds is 2. The maximum absolute atomic E-state index is 12.4. The highest BCUT2D eigenvalue weighted by Crippen LogP contribution is 2.20. The van der Waals surface area contributed by atoms with Crippen molar-refractivity contribution in [3.63, 3.8) is 0 Å². The summed E-state index contributed by atoms with van der Waals surface area (Å²) in [5.74, 6) is -0.722. The van der Waals surface area contributed by atoms with Crippen molar-refractivity contribution in [1.29, 1.82) is 0 Å². The van der Waals surface area contributed by atoms with E-state index in [1.54, 1.807) is 23.1 Å². The van der Waals surface area contributed by atoms with Crippen LogP contribution in [-0.2, 0) is 9.53 Å². The van der Waals surface area contributed by atoms with E-state index in [-0.39, 0.29) is 12.5 Å². The number of nitrogens with two attached hydrogens (primary N) is 1. The fraction of sp³-hybridized carbons (Fsp3) is 0.333. The highest BCUT2D eigenvalue weighted by atomic mass is 127. The lowest BCUT2D eigenvalue weighted by atomic mass is 10.1. The molecule has 1 unspecified atom stereocenters. The molecular weight excluding hydrogens is 383 g/mol. The van der Waals surface area contributed by atoms with Gasteiger partial charge in [0.2, 0.25) is 5.91 Å². The van der Waals surface area contributed by atoms with E-state index in [0.29, 0.717) is 23.7 Å². The lowest BCUT2D eigenvalue weighted by Crippen LogP contribution is -2.50. The third kappa shape index (κ3) is 3.37. The highest BCUT2D eigenvalue weighted by Gasteiger charge is 2.29. The average Bonchev–Trinajstić information content (AvgIpc) is 2.41. The van der Waals surface area contributed by atoms with Crippen LogP contribution in [0.15, 0.2) is 18.2 Å². The predicted octanol–water partition coefficient (Wildman–Crippen LogP) is 1.27. The van der Waals surface area contributed by atoms with Crippen LogP contribution in [0.4, 0.5) is 0 Å². The summed E-state index contributed by atoms with van der Waals surface area (Å²) in [7, 11) is 0. The molecule has 1 aliphatic rings. The fourth-order valence-electron chi connectivity index (χ4n) is 1.84. The zero-order chi connectivity index (χ0) is 14.0. The molecule has 1 heterocycles. The summed E-state index contributed by atoms with van der Waals surface area (Å²) in [5, 5.41) is 0.503. The van der Waals surface area contributed by atoms with E-state index in [1.165, 1.54) is 0 Å². The number of hydrogen-bond donors (Lipinski definition) is 1. The Hall–Kier alpha value is -0.860. The van der Waals surface area contributed by atoms with Gasteiger partial charge in [0.25, 0.3) is 5.91 Å². The summed E-state index contributed by atoms with van der Waals surface area (Å²) in [6, 6.07) is 5.13. The maximum atomic E-state index is 12.4. The molecule has 1 atom stereocenters. The first-order valence-electron chi connectivity index (χ1n) is 5.64. The van der Waals surface area contributed by atoms with Gasteiger partial charge in [0, 0.05) is 15.1 Å². The van der Waals surface area contributed by atoms with Crippen LogP contribution < -0.4 is 5.73 Å². The zero-order valence-corrected chi connectivity index (χ0v) is 12.8. The number of amides is 2. The van der Waals surface area contributed by atoms with E-state index < -0.39 is 12.0 Å². The van der Waals surface area contributed by atoms with Gasteiger partial charge in [0.15, 0.2) is 6.10 Å². The summed E-state index contributed by atoms with van der Waals surface area (Å²) >= 11 is 7.98. The van der Waals surface area contributed by atoms with Crippen molar-refractivity contribution >= 4 is 46.0 Å². The van der Waals surface area contributed by atoms with Gasteiger partial charge in [0.05, 0.1) is 18.7 Å². The smallest absolute Gasteiger partial charge is 0.255 e. The molecule has 0 aromatic heterocycles. The predicted molar refractivity (Wildman–Crippen MR) is 79.0 cm³/mol. The van der Waals surface area contributed by atoms with Crippen molar-refractivity contribution in [3.8, 4) is 0 Å². The van der Waals surface area contributed by atoms with E-state index in [0.717, 1.165) is 3.57 Å². The van der Waals surface area contributed by atoms with Gasteiger partial charge in [-0.05, 0) is 40.8 Å². The SMILES string of the molecule is NC(=O)C1CN(C(=O)c2cc(Cl)ccc2I)CCO1. The van der Waals surface area contributed by atoms with Crippen LogP contribution in [0.1, 0.15) is 10.4 Å². The number of carbonyl (C=O) groups excluding carboxylic acids is 2. The Morgan fingerprint density at radius 3 is 2.89 bits per heavy atom. The Bertz CT molecular complexity index is 524. The first-order valence-corrected chi connectivity index (χ1v) is 7.10. The molecular formula is C12H12ClIN2O3. The van der Waals surface area contributed by atoms with E-state index in [9.17, 15) is 9.59 Å². The molecule has 1 fully saturated rings. The normalized spacial score (nSPS) is 19.3. The molecule has 0 spiro atoms. The van der Waals surface area contributed by atoms with Crippen molar-refractivity contribution in [1.82, 2.24) is 4.90 Å². The fourth-order valence-corrected chi connectivity index (χ4v) is 2.58. The molecule has 5 nitrogen and oxygen atoms in total. The third-order valence-corrected chi connectivity index (χ3v) is 4.01. The molecule has 1 saturated heterocycles. The lowest BCUT2D eigenvalue weighted by Gasteiger charge is -2.31. The second kappa shape index (κ2) is 6.06. The largest absolute Gasteiger partial charge is 0.367 e. The summed E-state index contributed by atoms with van der Waals surface area (Å²) < 4.78 is 6.03. The molecule has 19 heavy (non-hydrogen) atoms. The number of ether oxygens (including phenoxy) is 1. The number of halogens is 2. The Labute approximate surface area is 129 Å². The van der Waals surface area contributed by atoms with Crippen LogP contribution in [0, 0.1) is 3.57 Å².